The second-order valence-corrected chi connectivity index (χ2v) is 6.00. The lowest BCUT2D eigenvalue weighted by molar-refractivity contribution is -0.276. The van der Waals surface area contributed by atoms with Crippen molar-refractivity contribution in [2.75, 3.05) is 6.61 Å². The lowest BCUT2D eigenvalue weighted by Crippen LogP contribution is -2.20. The first kappa shape index (κ1) is 16.2. The molecule has 0 aliphatic heterocycles. The van der Waals surface area contributed by atoms with Gasteiger partial charge in [-0.15, -0.1) is 13.2 Å². The number of hydrogen-bond donors (Lipinski definition) is 0. The first-order valence-electron chi connectivity index (χ1n) is 7.80. The molecular weight excluding hydrogens is 316 g/mol. The number of ether oxygens (including phenoxy) is 3. The molecule has 23 heavy (non-hydrogen) atoms. The third-order valence-electron chi connectivity index (χ3n) is 4.07. The summed E-state index contributed by atoms with van der Waals surface area (Å²) in [5.41, 5.74) is 0. The third-order valence-corrected chi connectivity index (χ3v) is 4.07. The van der Waals surface area contributed by atoms with E-state index in [0.717, 1.165) is 32.1 Å². The van der Waals surface area contributed by atoms with E-state index in [2.05, 4.69) is 4.74 Å². The van der Waals surface area contributed by atoms with E-state index in [1.807, 2.05) is 0 Å². The molecule has 0 atom stereocenters. The van der Waals surface area contributed by atoms with Gasteiger partial charge in [-0.05, 0) is 37.3 Å². The fourth-order valence-corrected chi connectivity index (χ4v) is 2.42. The van der Waals surface area contributed by atoms with E-state index in [0.29, 0.717) is 5.92 Å². The zero-order chi connectivity index (χ0) is 16.4. The Balaban J connectivity index is 1.73. The molecule has 2 aliphatic carbocycles. The molecule has 0 bridgehead atoms. The number of rotatable bonds is 7. The van der Waals surface area contributed by atoms with Crippen molar-refractivity contribution in [2.45, 2.75) is 51.0 Å². The van der Waals surface area contributed by atoms with Crippen LogP contribution in [0.25, 0.3) is 0 Å². The fraction of sp³-hybridized carbons (Fsp3) is 0.625. The van der Waals surface area contributed by atoms with Crippen molar-refractivity contribution in [1.29, 1.82) is 0 Å². The normalized spacial score (nSPS) is 18.4. The highest BCUT2D eigenvalue weighted by molar-refractivity contribution is 5.47. The summed E-state index contributed by atoms with van der Waals surface area (Å²) in [4.78, 5) is 0. The van der Waals surface area contributed by atoms with E-state index in [1.165, 1.54) is 18.6 Å². The Hall–Kier alpha value is -1.66. The monoisotopic (exact) mass is 334 g/mol. The number of halogens is 4. The molecular formula is C16H18F4O3. The SMILES string of the molecule is Fc1c(OC2CC2)ccc(OCCC2CCC2)c1OC(F)(F)F. The van der Waals surface area contributed by atoms with E-state index in [4.69, 9.17) is 9.47 Å². The van der Waals surface area contributed by atoms with Crippen LogP contribution in [0.1, 0.15) is 38.5 Å². The highest BCUT2D eigenvalue weighted by atomic mass is 19.4. The van der Waals surface area contributed by atoms with Gasteiger partial charge in [0.25, 0.3) is 0 Å². The minimum Gasteiger partial charge on any atom is -0.490 e. The molecule has 0 amide bonds. The quantitative estimate of drug-likeness (QED) is 0.668. The van der Waals surface area contributed by atoms with Gasteiger partial charge in [0.1, 0.15) is 0 Å². The predicted molar refractivity (Wildman–Crippen MR) is 74.2 cm³/mol. The standard InChI is InChI=1S/C16H18F4O3/c17-14-12(22-11-4-5-11)6-7-13(15(14)23-16(18,19)20)21-9-8-10-2-1-3-10/h6-7,10-11H,1-5,8-9H2. The van der Waals surface area contributed by atoms with Crippen LogP contribution in [0.3, 0.4) is 0 Å². The van der Waals surface area contributed by atoms with Crippen LogP contribution in [-0.2, 0) is 0 Å². The molecule has 2 saturated carbocycles. The van der Waals surface area contributed by atoms with Crippen LogP contribution in [0.5, 0.6) is 17.2 Å². The van der Waals surface area contributed by atoms with Crippen LogP contribution in [0.15, 0.2) is 12.1 Å². The van der Waals surface area contributed by atoms with Gasteiger partial charge in [-0.2, -0.15) is 4.39 Å². The first-order valence-corrected chi connectivity index (χ1v) is 7.80. The summed E-state index contributed by atoms with van der Waals surface area (Å²) in [6.45, 7) is 0.237. The average Bonchev–Trinajstić information content (AvgIpc) is 3.22. The Morgan fingerprint density at radius 3 is 2.30 bits per heavy atom. The summed E-state index contributed by atoms with van der Waals surface area (Å²) in [5, 5.41) is 0. The molecule has 0 unspecified atom stereocenters. The molecule has 7 heteroatoms. The average molecular weight is 334 g/mol. The highest BCUT2D eigenvalue weighted by Gasteiger charge is 2.36. The topological polar surface area (TPSA) is 27.7 Å². The zero-order valence-corrected chi connectivity index (χ0v) is 12.5. The van der Waals surface area contributed by atoms with Gasteiger partial charge in [0.05, 0.1) is 12.7 Å². The molecule has 3 rings (SSSR count). The fourth-order valence-electron chi connectivity index (χ4n) is 2.42. The van der Waals surface area contributed by atoms with Crippen molar-refractivity contribution in [3.05, 3.63) is 17.9 Å². The number of benzene rings is 1. The second-order valence-electron chi connectivity index (χ2n) is 6.00. The summed E-state index contributed by atoms with van der Waals surface area (Å²) in [5.74, 6) is -2.07. The van der Waals surface area contributed by atoms with Crippen molar-refractivity contribution < 1.29 is 31.8 Å². The Morgan fingerprint density at radius 1 is 1.04 bits per heavy atom. The summed E-state index contributed by atoms with van der Waals surface area (Å²) < 4.78 is 66.3. The Kier molecular flexibility index (Phi) is 4.55. The predicted octanol–water partition coefficient (Wildman–Crippen LogP) is 4.83. The lowest BCUT2D eigenvalue weighted by Gasteiger charge is -2.25. The van der Waals surface area contributed by atoms with E-state index >= 15 is 0 Å². The summed E-state index contributed by atoms with van der Waals surface area (Å²) in [7, 11) is 0. The summed E-state index contributed by atoms with van der Waals surface area (Å²) in [6, 6.07) is 2.55. The maximum atomic E-state index is 14.3. The van der Waals surface area contributed by atoms with E-state index in [1.54, 1.807) is 0 Å². The third kappa shape index (κ3) is 4.42. The van der Waals surface area contributed by atoms with Crippen LogP contribution < -0.4 is 14.2 Å². The molecule has 0 N–H and O–H groups in total. The number of hydrogen-bond acceptors (Lipinski definition) is 3. The van der Waals surface area contributed by atoms with Gasteiger partial charge in [0.2, 0.25) is 11.6 Å². The molecule has 0 saturated heterocycles. The van der Waals surface area contributed by atoms with E-state index in [9.17, 15) is 17.6 Å². The van der Waals surface area contributed by atoms with Crippen molar-refractivity contribution in [3.8, 4) is 17.2 Å². The van der Waals surface area contributed by atoms with Gasteiger partial charge in [-0.1, -0.05) is 19.3 Å². The lowest BCUT2D eigenvalue weighted by atomic mass is 9.83. The van der Waals surface area contributed by atoms with Gasteiger partial charge in [-0.3, -0.25) is 0 Å². The largest absolute Gasteiger partial charge is 0.573 e. The molecule has 2 fully saturated rings. The van der Waals surface area contributed by atoms with Crippen LogP contribution in [-0.4, -0.2) is 19.1 Å². The van der Waals surface area contributed by atoms with Gasteiger partial charge in [0, 0.05) is 0 Å². The Labute approximate surface area is 131 Å². The maximum Gasteiger partial charge on any atom is 0.573 e. The smallest absolute Gasteiger partial charge is 0.490 e. The van der Waals surface area contributed by atoms with E-state index < -0.39 is 17.9 Å². The highest BCUT2D eigenvalue weighted by Crippen LogP contribution is 2.41. The van der Waals surface area contributed by atoms with Gasteiger partial charge in [-0.25, -0.2) is 0 Å². The zero-order valence-electron chi connectivity index (χ0n) is 12.5. The molecule has 0 aromatic heterocycles. The maximum absolute atomic E-state index is 14.3. The van der Waals surface area contributed by atoms with E-state index in [-0.39, 0.29) is 24.2 Å². The van der Waals surface area contributed by atoms with Gasteiger partial charge in [0.15, 0.2) is 11.5 Å². The van der Waals surface area contributed by atoms with Crippen molar-refractivity contribution in [2.24, 2.45) is 5.92 Å². The molecule has 1 aromatic rings. The van der Waals surface area contributed by atoms with Crippen molar-refractivity contribution >= 4 is 0 Å². The van der Waals surface area contributed by atoms with Crippen molar-refractivity contribution in [1.82, 2.24) is 0 Å². The molecule has 3 nitrogen and oxygen atoms in total. The van der Waals surface area contributed by atoms with Crippen LogP contribution >= 0.6 is 0 Å². The van der Waals surface area contributed by atoms with Gasteiger partial charge >= 0.3 is 6.36 Å². The molecule has 2 aliphatic rings. The van der Waals surface area contributed by atoms with Gasteiger partial charge < -0.3 is 14.2 Å². The van der Waals surface area contributed by atoms with Crippen LogP contribution in [0.4, 0.5) is 17.6 Å². The molecule has 0 heterocycles. The van der Waals surface area contributed by atoms with Crippen LogP contribution in [0.2, 0.25) is 0 Å². The van der Waals surface area contributed by atoms with Crippen molar-refractivity contribution in [3.63, 3.8) is 0 Å². The second kappa shape index (κ2) is 6.45. The molecule has 0 radical (unpaired) electrons. The molecule has 128 valence electrons. The van der Waals surface area contributed by atoms with Crippen LogP contribution in [0, 0.1) is 11.7 Å². The Bertz CT molecular complexity index is 551. The number of alkyl halides is 3. The molecule has 1 aromatic carbocycles. The minimum atomic E-state index is -4.99. The minimum absolute atomic E-state index is 0.131. The molecule has 0 spiro atoms. The Morgan fingerprint density at radius 2 is 1.74 bits per heavy atom. The first-order chi connectivity index (χ1) is 10.9. The summed E-state index contributed by atoms with van der Waals surface area (Å²) >= 11 is 0. The summed E-state index contributed by atoms with van der Waals surface area (Å²) in [6.07, 6.45) is 0.556.